The Morgan fingerprint density at radius 3 is 2.86 bits per heavy atom. The number of likely N-dealkylation sites (tertiary alicyclic amines) is 1. The fraction of sp³-hybridized carbons (Fsp3) is 0.600. The average Bonchev–Trinajstić information content (AvgIpc) is 3.35. The van der Waals surface area contributed by atoms with Gasteiger partial charge in [0.1, 0.15) is 30.0 Å². The Morgan fingerprint density at radius 1 is 1.32 bits per heavy atom. The number of aryl methyl sites for hydroxylation is 1. The standard InChI is InChI=1S/C20H31N5O3/c1-15-22-20(24-23-15)7-8-21-12-16-5-6-18(27-2)11-19(16)28-14-17(26)13-25-9-3-4-10-25/h5-6,11,17,21,26H,3-4,7-10,12-14H2,1-2H3,(H,22,23,24). The fourth-order valence-electron chi connectivity index (χ4n) is 3.37. The van der Waals surface area contributed by atoms with E-state index in [4.69, 9.17) is 9.47 Å². The van der Waals surface area contributed by atoms with E-state index in [0.29, 0.717) is 13.1 Å². The highest BCUT2D eigenvalue weighted by molar-refractivity contribution is 5.40. The number of aromatic amines is 1. The highest BCUT2D eigenvalue weighted by Gasteiger charge is 2.17. The van der Waals surface area contributed by atoms with Gasteiger partial charge in [-0.15, -0.1) is 0 Å². The summed E-state index contributed by atoms with van der Waals surface area (Å²) in [5, 5.41) is 20.7. The second-order valence-corrected chi connectivity index (χ2v) is 7.21. The van der Waals surface area contributed by atoms with Crippen molar-refractivity contribution >= 4 is 0 Å². The Bertz CT molecular complexity index is 730. The number of hydrogen-bond acceptors (Lipinski definition) is 7. The summed E-state index contributed by atoms with van der Waals surface area (Å²) >= 11 is 0. The van der Waals surface area contributed by atoms with Crippen LogP contribution in [0.3, 0.4) is 0 Å². The minimum absolute atomic E-state index is 0.271. The number of rotatable bonds is 11. The summed E-state index contributed by atoms with van der Waals surface area (Å²) in [5.74, 6) is 3.11. The van der Waals surface area contributed by atoms with E-state index < -0.39 is 6.10 Å². The molecule has 1 aliphatic heterocycles. The van der Waals surface area contributed by atoms with Gasteiger partial charge in [-0.05, 0) is 38.9 Å². The second kappa shape index (κ2) is 10.4. The molecular formula is C20H31N5O3. The largest absolute Gasteiger partial charge is 0.497 e. The summed E-state index contributed by atoms with van der Waals surface area (Å²) < 4.78 is 11.3. The number of β-amino-alcohol motifs (C(OH)–C–C–N with tert-alkyl or cyclic N) is 1. The van der Waals surface area contributed by atoms with Crippen LogP contribution in [0.5, 0.6) is 11.5 Å². The van der Waals surface area contributed by atoms with Gasteiger partial charge in [0.25, 0.3) is 0 Å². The molecule has 0 spiro atoms. The van der Waals surface area contributed by atoms with Crippen LogP contribution in [-0.4, -0.2) is 71.2 Å². The number of H-pyrrole nitrogens is 1. The van der Waals surface area contributed by atoms with Crippen LogP contribution in [0.25, 0.3) is 0 Å². The third kappa shape index (κ3) is 6.19. The number of ether oxygens (including phenoxy) is 2. The molecule has 3 rings (SSSR count). The van der Waals surface area contributed by atoms with Crippen LogP contribution < -0.4 is 14.8 Å². The Balaban J connectivity index is 1.50. The van der Waals surface area contributed by atoms with E-state index in [9.17, 15) is 5.11 Å². The summed E-state index contributed by atoms with van der Waals surface area (Å²) in [5.41, 5.74) is 1.03. The van der Waals surface area contributed by atoms with Gasteiger partial charge in [0.15, 0.2) is 5.82 Å². The van der Waals surface area contributed by atoms with E-state index in [1.807, 2.05) is 25.1 Å². The molecule has 2 heterocycles. The third-order valence-electron chi connectivity index (χ3n) is 4.86. The number of aromatic nitrogens is 3. The molecule has 0 amide bonds. The molecule has 8 heteroatoms. The number of nitrogens with one attached hydrogen (secondary N) is 2. The van der Waals surface area contributed by atoms with Crippen molar-refractivity contribution in [3.63, 3.8) is 0 Å². The molecule has 0 radical (unpaired) electrons. The molecule has 1 aliphatic rings. The first-order chi connectivity index (χ1) is 13.6. The van der Waals surface area contributed by atoms with Crippen molar-refractivity contribution in [1.29, 1.82) is 0 Å². The van der Waals surface area contributed by atoms with E-state index in [0.717, 1.165) is 54.8 Å². The minimum atomic E-state index is -0.501. The molecule has 1 fully saturated rings. The molecule has 8 nitrogen and oxygen atoms in total. The Morgan fingerprint density at radius 2 is 2.14 bits per heavy atom. The van der Waals surface area contributed by atoms with E-state index in [1.165, 1.54) is 12.8 Å². The monoisotopic (exact) mass is 389 g/mol. The number of hydrogen-bond donors (Lipinski definition) is 3. The quantitative estimate of drug-likeness (QED) is 0.499. The number of aliphatic hydroxyl groups excluding tert-OH is 1. The summed E-state index contributed by atoms with van der Waals surface area (Å²) in [4.78, 5) is 6.59. The predicted molar refractivity (Wildman–Crippen MR) is 107 cm³/mol. The third-order valence-corrected chi connectivity index (χ3v) is 4.86. The van der Waals surface area contributed by atoms with Gasteiger partial charge in [-0.25, -0.2) is 4.98 Å². The minimum Gasteiger partial charge on any atom is -0.497 e. The SMILES string of the molecule is COc1ccc(CNCCc2n[nH]c(C)n2)c(OCC(O)CN2CCCC2)c1. The van der Waals surface area contributed by atoms with Crippen LogP contribution in [0.2, 0.25) is 0 Å². The summed E-state index contributed by atoms with van der Waals surface area (Å²) in [6.07, 6.45) is 2.68. The Labute approximate surface area is 166 Å². The average molecular weight is 390 g/mol. The van der Waals surface area contributed by atoms with Crippen LogP contribution in [0, 0.1) is 6.92 Å². The van der Waals surface area contributed by atoms with E-state index >= 15 is 0 Å². The zero-order valence-electron chi connectivity index (χ0n) is 16.8. The number of methoxy groups -OCH3 is 1. The lowest BCUT2D eigenvalue weighted by Gasteiger charge is -2.20. The molecule has 1 atom stereocenters. The van der Waals surface area contributed by atoms with Crippen LogP contribution in [0.4, 0.5) is 0 Å². The Kier molecular flexibility index (Phi) is 7.64. The van der Waals surface area contributed by atoms with Gasteiger partial charge in [0.2, 0.25) is 0 Å². The van der Waals surface area contributed by atoms with Gasteiger partial charge in [0, 0.05) is 37.7 Å². The van der Waals surface area contributed by atoms with E-state index in [2.05, 4.69) is 25.4 Å². The van der Waals surface area contributed by atoms with Crippen molar-refractivity contribution in [2.75, 3.05) is 39.9 Å². The zero-order valence-corrected chi connectivity index (χ0v) is 16.8. The maximum absolute atomic E-state index is 10.3. The topological polar surface area (TPSA) is 95.5 Å². The predicted octanol–water partition coefficient (Wildman–Crippen LogP) is 1.29. The molecule has 0 saturated carbocycles. The molecule has 28 heavy (non-hydrogen) atoms. The van der Waals surface area contributed by atoms with E-state index in [-0.39, 0.29) is 6.61 Å². The Hall–Kier alpha value is -2.16. The van der Waals surface area contributed by atoms with Crippen molar-refractivity contribution in [1.82, 2.24) is 25.4 Å². The van der Waals surface area contributed by atoms with Crippen molar-refractivity contribution in [2.45, 2.75) is 38.8 Å². The highest BCUT2D eigenvalue weighted by Crippen LogP contribution is 2.25. The van der Waals surface area contributed by atoms with Gasteiger partial charge >= 0.3 is 0 Å². The summed E-state index contributed by atoms with van der Waals surface area (Å²) in [6.45, 7) is 6.38. The summed E-state index contributed by atoms with van der Waals surface area (Å²) in [6, 6.07) is 5.78. The van der Waals surface area contributed by atoms with Gasteiger partial charge in [-0.2, -0.15) is 5.10 Å². The van der Waals surface area contributed by atoms with Gasteiger partial charge in [0.05, 0.1) is 7.11 Å². The van der Waals surface area contributed by atoms with Gasteiger partial charge in [-0.3, -0.25) is 5.10 Å². The van der Waals surface area contributed by atoms with Crippen molar-refractivity contribution in [3.05, 3.63) is 35.4 Å². The fourth-order valence-corrected chi connectivity index (χ4v) is 3.37. The van der Waals surface area contributed by atoms with Gasteiger partial charge in [-0.1, -0.05) is 6.07 Å². The molecule has 0 bridgehead atoms. The molecule has 1 saturated heterocycles. The molecule has 1 aromatic heterocycles. The normalized spacial score (nSPS) is 15.7. The number of aliphatic hydroxyl groups is 1. The lowest BCUT2D eigenvalue weighted by molar-refractivity contribution is 0.0753. The van der Waals surface area contributed by atoms with Crippen molar-refractivity contribution < 1.29 is 14.6 Å². The van der Waals surface area contributed by atoms with Crippen LogP contribution in [0.1, 0.15) is 30.1 Å². The first kappa shape index (κ1) is 20.6. The van der Waals surface area contributed by atoms with Gasteiger partial charge < -0.3 is 24.8 Å². The molecule has 1 aromatic carbocycles. The van der Waals surface area contributed by atoms with Crippen molar-refractivity contribution in [3.8, 4) is 11.5 Å². The zero-order chi connectivity index (χ0) is 19.8. The first-order valence-electron chi connectivity index (χ1n) is 9.93. The maximum Gasteiger partial charge on any atom is 0.151 e. The molecular weight excluding hydrogens is 358 g/mol. The van der Waals surface area contributed by atoms with Crippen LogP contribution in [-0.2, 0) is 13.0 Å². The molecule has 2 aromatic rings. The van der Waals surface area contributed by atoms with E-state index in [1.54, 1.807) is 7.11 Å². The summed E-state index contributed by atoms with van der Waals surface area (Å²) in [7, 11) is 1.64. The maximum atomic E-state index is 10.3. The van der Waals surface area contributed by atoms with Crippen molar-refractivity contribution in [2.24, 2.45) is 0 Å². The lowest BCUT2D eigenvalue weighted by Crippen LogP contribution is -2.33. The number of nitrogens with zero attached hydrogens (tertiary/aromatic N) is 3. The lowest BCUT2D eigenvalue weighted by atomic mass is 10.2. The number of benzene rings is 1. The molecule has 0 aliphatic carbocycles. The smallest absolute Gasteiger partial charge is 0.151 e. The second-order valence-electron chi connectivity index (χ2n) is 7.21. The first-order valence-corrected chi connectivity index (χ1v) is 9.93. The molecule has 3 N–H and O–H groups in total. The van der Waals surface area contributed by atoms with Crippen LogP contribution in [0.15, 0.2) is 18.2 Å². The molecule has 1 unspecified atom stereocenters. The molecule has 154 valence electrons. The van der Waals surface area contributed by atoms with Crippen LogP contribution >= 0.6 is 0 Å². The highest BCUT2D eigenvalue weighted by atomic mass is 16.5.